The molecule has 2 saturated heterocycles. The van der Waals surface area contributed by atoms with E-state index in [0.717, 1.165) is 63.7 Å². The summed E-state index contributed by atoms with van der Waals surface area (Å²) in [6, 6.07) is 7.49. The molecule has 0 unspecified atom stereocenters. The van der Waals surface area contributed by atoms with Crippen LogP contribution < -0.4 is 17.2 Å². The molecule has 1 saturated carbocycles. The number of phenols is 1. The van der Waals surface area contributed by atoms with Crippen molar-refractivity contribution in [2.24, 2.45) is 23.1 Å². The molecule has 3 fully saturated rings. The van der Waals surface area contributed by atoms with E-state index in [4.69, 9.17) is 26.7 Å². The van der Waals surface area contributed by atoms with Crippen LogP contribution in [0, 0.1) is 5.92 Å². The van der Waals surface area contributed by atoms with Crippen molar-refractivity contribution in [3.63, 3.8) is 0 Å². The first-order chi connectivity index (χ1) is 21.9. The number of hydrogen-bond donors (Lipinski definition) is 4. The Hall–Kier alpha value is -3.70. The zero-order chi connectivity index (χ0) is 33.4. The van der Waals surface area contributed by atoms with E-state index in [-0.39, 0.29) is 23.8 Å². The molecule has 11 nitrogen and oxygen atoms in total. The zero-order valence-corrected chi connectivity index (χ0v) is 28.3. The molecule has 2 aliphatic heterocycles. The summed E-state index contributed by atoms with van der Waals surface area (Å²) in [5.41, 5.74) is 20.1. The third-order valence-corrected chi connectivity index (χ3v) is 8.93. The van der Waals surface area contributed by atoms with Crippen LogP contribution in [0.3, 0.4) is 0 Å². The number of ether oxygens (including phenoxy) is 2. The lowest BCUT2D eigenvalue weighted by atomic mass is 9.85. The van der Waals surface area contributed by atoms with E-state index in [0.29, 0.717) is 48.0 Å². The lowest BCUT2D eigenvalue weighted by Crippen LogP contribution is -2.52. The molecule has 7 N–H and O–H groups in total. The minimum absolute atomic E-state index is 0.0978. The predicted molar refractivity (Wildman–Crippen MR) is 182 cm³/mol. The number of allylic oxidation sites excluding steroid dienone is 2. The fourth-order valence-corrected chi connectivity index (χ4v) is 6.37. The van der Waals surface area contributed by atoms with Crippen molar-refractivity contribution in [3.05, 3.63) is 59.7 Å². The monoisotopic (exact) mass is 637 g/mol. The molecule has 1 aromatic heterocycles. The molecule has 1 aliphatic carbocycles. The number of aromatic nitrogens is 2. The first kappa shape index (κ1) is 35.2. The number of nitrogens with two attached hydrogens (primary N) is 3. The Balaban J connectivity index is 0.00000235. The summed E-state index contributed by atoms with van der Waals surface area (Å²) in [5, 5.41) is 14.7. The van der Waals surface area contributed by atoms with Crippen LogP contribution in [0.5, 0.6) is 5.75 Å². The number of aromatic hydroxyl groups is 1. The molecule has 1 amide bonds. The molecule has 11 heteroatoms. The maximum Gasteiger partial charge on any atom is 0.410 e. The highest BCUT2D eigenvalue weighted by molar-refractivity contribution is 5.84. The number of rotatable bonds is 8. The van der Waals surface area contributed by atoms with Gasteiger partial charge < -0.3 is 41.6 Å². The number of carbonyl (C=O) groups excluding carboxylic acids is 1. The van der Waals surface area contributed by atoms with Crippen molar-refractivity contribution in [2.45, 2.75) is 104 Å². The van der Waals surface area contributed by atoms with Crippen LogP contribution in [0.4, 0.5) is 4.79 Å². The van der Waals surface area contributed by atoms with Gasteiger partial charge >= 0.3 is 6.09 Å². The van der Waals surface area contributed by atoms with E-state index in [9.17, 15) is 9.90 Å². The van der Waals surface area contributed by atoms with E-state index in [1.54, 1.807) is 35.4 Å². The molecule has 46 heavy (non-hydrogen) atoms. The first-order valence-electron chi connectivity index (χ1n) is 16.9. The molecule has 0 spiro atoms. The van der Waals surface area contributed by atoms with Gasteiger partial charge in [-0.1, -0.05) is 26.0 Å². The van der Waals surface area contributed by atoms with E-state index in [1.165, 1.54) is 0 Å². The van der Waals surface area contributed by atoms with Crippen molar-refractivity contribution in [3.8, 4) is 5.75 Å². The Bertz CT molecular complexity index is 1340. The Labute approximate surface area is 274 Å². The molecule has 0 radical (unpaired) electrons. The van der Waals surface area contributed by atoms with Crippen LogP contribution in [0.15, 0.2) is 48.6 Å². The van der Waals surface area contributed by atoms with Gasteiger partial charge in [-0.3, -0.25) is 4.68 Å². The average Bonchev–Trinajstić information content (AvgIpc) is 3.46. The fraction of sp³-hybridized carbons (Fsp3) is 0.600. The maximum absolute atomic E-state index is 12.3. The molecule has 3 aliphatic rings. The van der Waals surface area contributed by atoms with Gasteiger partial charge in [0.15, 0.2) is 0 Å². The Kier molecular flexibility index (Phi) is 12.0. The fourth-order valence-electron chi connectivity index (χ4n) is 6.37. The molecule has 0 atom stereocenters. The van der Waals surface area contributed by atoms with E-state index >= 15 is 0 Å². The smallest absolute Gasteiger partial charge is 0.410 e. The summed E-state index contributed by atoms with van der Waals surface area (Å²) < 4.78 is 13.9. The van der Waals surface area contributed by atoms with Crippen LogP contribution in [-0.4, -0.2) is 80.8 Å². The van der Waals surface area contributed by atoms with Crippen molar-refractivity contribution >= 4 is 17.4 Å². The number of para-hydroxylation sites is 1. The van der Waals surface area contributed by atoms with Gasteiger partial charge in [-0.2, -0.15) is 5.10 Å². The van der Waals surface area contributed by atoms with Crippen molar-refractivity contribution in [1.29, 1.82) is 0 Å². The minimum Gasteiger partial charge on any atom is -0.507 e. The summed E-state index contributed by atoms with van der Waals surface area (Å²) in [6.45, 7) is 14.1. The van der Waals surface area contributed by atoms with E-state index < -0.39 is 5.60 Å². The van der Waals surface area contributed by atoms with Crippen LogP contribution in [0.25, 0.3) is 11.3 Å². The number of phenolic OH excluding ortho intramolecular Hbond substituents is 1. The van der Waals surface area contributed by atoms with Gasteiger partial charge in [0.1, 0.15) is 17.2 Å². The van der Waals surface area contributed by atoms with Crippen molar-refractivity contribution < 1.29 is 19.4 Å². The van der Waals surface area contributed by atoms with E-state index in [2.05, 4.69) is 10.00 Å². The number of carbonyl (C=O) groups is 1. The maximum atomic E-state index is 12.3. The largest absolute Gasteiger partial charge is 0.507 e. The number of amides is 1. The minimum atomic E-state index is -0.466. The van der Waals surface area contributed by atoms with Gasteiger partial charge in [0.25, 0.3) is 0 Å². The molecule has 254 valence electrons. The van der Waals surface area contributed by atoms with Gasteiger partial charge in [-0.15, -0.1) is 0 Å². The third-order valence-electron chi connectivity index (χ3n) is 8.93. The highest BCUT2D eigenvalue weighted by Gasteiger charge is 2.38. The lowest BCUT2D eigenvalue weighted by Gasteiger charge is -2.47. The molecule has 3 heterocycles. The number of piperidine rings is 2. The van der Waals surface area contributed by atoms with E-state index in [1.807, 2.05) is 51.6 Å². The zero-order valence-electron chi connectivity index (χ0n) is 28.3. The van der Waals surface area contributed by atoms with Gasteiger partial charge in [-0.25, -0.2) is 4.79 Å². The number of nitrogens with zero attached hydrogens (tertiary/aromatic N) is 4. The molecule has 5 rings (SSSR count). The molecular formula is C35H55N7O4. The van der Waals surface area contributed by atoms with Crippen molar-refractivity contribution in [2.75, 3.05) is 26.2 Å². The summed E-state index contributed by atoms with van der Waals surface area (Å²) in [5.74, 6) is 0.789. The molecule has 0 bridgehead atoms. The van der Waals surface area contributed by atoms with Crippen LogP contribution >= 0.6 is 0 Å². The Morgan fingerprint density at radius 3 is 2.26 bits per heavy atom. The second kappa shape index (κ2) is 15.7. The van der Waals surface area contributed by atoms with Gasteiger partial charge in [-0.05, 0) is 96.5 Å². The van der Waals surface area contributed by atoms with Crippen molar-refractivity contribution in [1.82, 2.24) is 19.6 Å². The quantitative estimate of drug-likeness (QED) is 0.297. The average molecular weight is 638 g/mol. The molecular weight excluding hydrogens is 582 g/mol. The SMILES string of the molecule is CC.CC(C)(C)OC(=O)N1CCC(OC2CC(N3CCC(Cn4cc(C(/C=C(\N)c5ccccc5O)=C(N)N)cn4)CC3)C2)CC1. The first-order valence-corrected chi connectivity index (χ1v) is 16.9. The highest BCUT2D eigenvalue weighted by Crippen LogP contribution is 2.34. The third kappa shape index (κ3) is 9.42. The molecule has 1 aromatic carbocycles. The Morgan fingerprint density at radius 2 is 1.65 bits per heavy atom. The summed E-state index contributed by atoms with van der Waals surface area (Å²) in [6.07, 6.45) is 11.9. The number of benzene rings is 1. The Morgan fingerprint density at radius 1 is 1.00 bits per heavy atom. The summed E-state index contributed by atoms with van der Waals surface area (Å²) in [4.78, 5) is 16.8. The summed E-state index contributed by atoms with van der Waals surface area (Å²) in [7, 11) is 0. The standard InChI is InChI=1S/C33H49N7O4.C2H6/c1-33(2,3)44-32(42)39-14-10-25(11-15-39)43-26-16-24(17-26)38-12-8-22(9-13-38)20-40-21-23(19-37-40)28(31(35)36)18-29(34)27-6-4-5-7-30(27)41;1-2/h4-7,18-19,21-22,24-26,41H,8-17,20,34-36H2,1-3H3;1-2H3/b29-18-;. The van der Waals surface area contributed by atoms with Crippen LogP contribution in [0.2, 0.25) is 0 Å². The second-order valence-electron chi connectivity index (χ2n) is 13.5. The molecule has 2 aromatic rings. The predicted octanol–water partition coefficient (Wildman–Crippen LogP) is 4.86. The van der Waals surface area contributed by atoms with Gasteiger partial charge in [0.2, 0.25) is 0 Å². The normalized spacial score (nSPS) is 21.6. The highest BCUT2D eigenvalue weighted by atomic mass is 16.6. The van der Waals surface area contributed by atoms with Crippen LogP contribution in [0.1, 0.15) is 84.3 Å². The number of likely N-dealkylation sites (tertiary alicyclic amines) is 2. The lowest BCUT2D eigenvalue weighted by molar-refractivity contribution is -0.106. The van der Waals surface area contributed by atoms with Crippen LogP contribution in [-0.2, 0) is 16.0 Å². The van der Waals surface area contributed by atoms with Gasteiger partial charge in [0.05, 0.1) is 18.4 Å². The number of hydrogen-bond acceptors (Lipinski definition) is 9. The van der Waals surface area contributed by atoms with Gasteiger partial charge in [0, 0.05) is 54.3 Å². The second-order valence-corrected chi connectivity index (χ2v) is 13.5. The summed E-state index contributed by atoms with van der Waals surface area (Å²) >= 11 is 0. The topological polar surface area (TPSA) is 158 Å².